The number of esters is 1. The number of ketones is 1. The third kappa shape index (κ3) is 6.94. The van der Waals surface area contributed by atoms with Gasteiger partial charge >= 0.3 is 5.97 Å². The number of rotatable bonds is 10. The molecule has 7 heteroatoms. The summed E-state index contributed by atoms with van der Waals surface area (Å²) in [6, 6.07) is 9.93. The molecule has 0 saturated carbocycles. The Bertz CT molecular complexity index is 874. The molecule has 29 heavy (non-hydrogen) atoms. The van der Waals surface area contributed by atoms with E-state index in [4.69, 9.17) is 14.2 Å². The number of ether oxygens (including phenoxy) is 3. The zero-order valence-electron chi connectivity index (χ0n) is 16.3. The average Bonchev–Trinajstić information content (AvgIpc) is 2.72. The Morgan fingerprint density at radius 2 is 1.90 bits per heavy atom. The Morgan fingerprint density at radius 3 is 2.55 bits per heavy atom. The molecule has 0 bridgehead atoms. The van der Waals surface area contributed by atoms with Crippen LogP contribution >= 0.6 is 15.9 Å². The Balaban J connectivity index is 1.93. The van der Waals surface area contributed by atoms with Crippen molar-refractivity contribution in [2.75, 3.05) is 20.3 Å². The minimum atomic E-state index is -0.235. The van der Waals surface area contributed by atoms with Gasteiger partial charge in [0, 0.05) is 23.6 Å². The van der Waals surface area contributed by atoms with Gasteiger partial charge in [0.1, 0.15) is 17.2 Å². The van der Waals surface area contributed by atoms with Crippen molar-refractivity contribution in [2.24, 2.45) is 0 Å². The van der Waals surface area contributed by atoms with Crippen LogP contribution in [0.15, 0.2) is 46.9 Å². The standard InChI is InChI=1S/C22H23BrO6/c1-3-28-22(26)5-4-12-29-17-9-6-15(7-10-17)19(24)11-8-16-13-18(23)20(25)14-21(16)27-2/h6-11,13-14,25H,3-5,12H2,1-2H3/b11-8+. The first kappa shape index (κ1) is 22.5. The highest BCUT2D eigenvalue weighted by Crippen LogP contribution is 2.32. The number of carbonyl (C=O) groups is 2. The van der Waals surface area contributed by atoms with Gasteiger partial charge in [-0.3, -0.25) is 9.59 Å². The van der Waals surface area contributed by atoms with Crippen molar-refractivity contribution in [3.05, 3.63) is 58.1 Å². The van der Waals surface area contributed by atoms with Gasteiger partial charge in [-0.25, -0.2) is 0 Å². The molecule has 2 aromatic carbocycles. The van der Waals surface area contributed by atoms with Crippen LogP contribution in [-0.4, -0.2) is 37.2 Å². The van der Waals surface area contributed by atoms with Crippen LogP contribution in [0.25, 0.3) is 6.08 Å². The molecule has 0 aliphatic rings. The molecule has 0 heterocycles. The van der Waals surface area contributed by atoms with Gasteiger partial charge in [0.2, 0.25) is 0 Å². The molecule has 0 saturated heterocycles. The third-order valence-corrected chi connectivity index (χ3v) is 4.59. The maximum absolute atomic E-state index is 12.4. The molecule has 1 N–H and O–H groups in total. The highest BCUT2D eigenvalue weighted by Gasteiger charge is 2.08. The molecule has 0 aliphatic carbocycles. The van der Waals surface area contributed by atoms with E-state index in [0.717, 1.165) is 0 Å². The summed E-state index contributed by atoms with van der Waals surface area (Å²) in [7, 11) is 1.49. The summed E-state index contributed by atoms with van der Waals surface area (Å²) in [5, 5.41) is 9.71. The summed E-state index contributed by atoms with van der Waals surface area (Å²) in [6.07, 6.45) is 3.94. The zero-order chi connectivity index (χ0) is 21.2. The molecule has 0 spiro atoms. The van der Waals surface area contributed by atoms with E-state index in [-0.39, 0.29) is 17.5 Å². The lowest BCUT2D eigenvalue weighted by Gasteiger charge is -2.07. The highest BCUT2D eigenvalue weighted by atomic mass is 79.9. The van der Waals surface area contributed by atoms with Gasteiger partial charge in [0.05, 0.1) is 24.8 Å². The van der Waals surface area contributed by atoms with Crippen LogP contribution in [-0.2, 0) is 9.53 Å². The summed E-state index contributed by atoms with van der Waals surface area (Å²) in [6.45, 7) is 2.54. The SMILES string of the molecule is CCOC(=O)CCCOc1ccc(C(=O)/C=C/c2cc(Br)c(O)cc2OC)cc1. The normalized spacial score (nSPS) is 10.7. The molecule has 0 radical (unpaired) electrons. The van der Waals surface area contributed by atoms with Crippen molar-refractivity contribution in [1.82, 2.24) is 0 Å². The van der Waals surface area contributed by atoms with Crippen molar-refractivity contribution >= 4 is 33.8 Å². The number of allylic oxidation sites excluding steroid dienone is 1. The van der Waals surface area contributed by atoms with E-state index in [1.807, 2.05) is 0 Å². The largest absolute Gasteiger partial charge is 0.507 e. The average molecular weight is 463 g/mol. The summed E-state index contributed by atoms with van der Waals surface area (Å²) >= 11 is 3.25. The lowest BCUT2D eigenvalue weighted by molar-refractivity contribution is -0.143. The van der Waals surface area contributed by atoms with E-state index in [1.54, 1.807) is 43.3 Å². The fraction of sp³-hybridized carbons (Fsp3) is 0.273. The van der Waals surface area contributed by atoms with Gasteiger partial charge < -0.3 is 19.3 Å². The van der Waals surface area contributed by atoms with Crippen molar-refractivity contribution in [2.45, 2.75) is 19.8 Å². The van der Waals surface area contributed by atoms with Crippen LogP contribution < -0.4 is 9.47 Å². The number of hydrogen-bond donors (Lipinski definition) is 1. The number of halogens is 1. The summed E-state index contributed by atoms with van der Waals surface area (Å²) in [5.74, 6) is 0.731. The third-order valence-electron chi connectivity index (χ3n) is 3.95. The van der Waals surface area contributed by atoms with Crippen LogP contribution in [0.2, 0.25) is 0 Å². The van der Waals surface area contributed by atoms with E-state index in [9.17, 15) is 14.7 Å². The lowest BCUT2D eigenvalue weighted by atomic mass is 10.1. The predicted molar refractivity (Wildman–Crippen MR) is 114 cm³/mol. The number of aromatic hydroxyl groups is 1. The molecule has 0 unspecified atom stereocenters. The summed E-state index contributed by atoms with van der Waals surface area (Å²) in [4.78, 5) is 23.7. The second kappa shape index (κ2) is 11.3. The molecule has 6 nitrogen and oxygen atoms in total. The Kier molecular flexibility index (Phi) is 8.73. The van der Waals surface area contributed by atoms with E-state index >= 15 is 0 Å². The van der Waals surface area contributed by atoms with Crippen LogP contribution in [0.5, 0.6) is 17.2 Å². The van der Waals surface area contributed by atoms with Gasteiger partial charge in [-0.15, -0.1) is 0 Å². The topological polar surface area (TPSA) is 82.1 Å². The smallest absolute Gasteiger partial charge is 0.305 e. The van der Waals surface area contributed by atoms with Crippen molar-refractivity contribution in [3.8, 4) is 17.2 Å². The molecule has 0 atom stereocenters. The molecule has 0 fully saturated rings. The Labute approximate surface area is 178 Å². The minimum absolute atomic E-state index is 0.0585. The first-order valence-corrected chi connectivity index (χ1v) is 9.91. The fourth-order valence-corrected chi connectivity index (χ4v) is 2.84. The van der Waals surface area contributed by atoms with E-state index < -0.39 is 0 Å². The monoisotopic (exact) mass is 462 g/mol. The molecule has 0 aromatic heterocycles. The number of benzene rings is 2. The Hall–Kier alpha value is -2.80. The molecule has 154 valence electrons. The van der Waals surface area contributed by atoms with E-state index in [1.165, 1.54) is 19.3 Å². The maximum Gasteiger partial charge on any atom is 0.305 e. The van der Waals surface area contributed by atoms with E-state index in [2.05, 4.69) is 15.9 Å². The van der Waals surface area contributed by atoms with Gasteiger partial charge in [-0.2, -0.15) is 0 Å². The maximum atomic E-state index is 12.4. The quantitative estimate of drug-likeness (QED) is 0.236. The van der Waals surface area contributed by atoms with Crippen molar-refractivity contribution in [3.63, 3.8) is 0 Å². The number of hydrogen-bond acceptors (Lipinski definition) is 6. The number of methoxy groups -OCH3 is 1. The van der Waals surface area contributed by atoms with Gasteiger partial charge in [-0.1, -0.05) is 0 Å². The summed E-state index contributed by atoms with van der Waals surface area (Å²) < 4.78 is 16.2. The second-order valence-corrected chi connectivity index (χ2v) is 6.88. The van der Waals surface area contributed by atoms with E-state index in [0.29, 0.717) is 53.2 Å². The fourth-order valence-electron chi connectivity index (χ4n) is 2.48. The Morgan fingerprint density at radius 1 is 1.17 bits per heavy atom. The predicted octanol–water partition coefficient (Wildman–Crippen LogP) is 4.78. The second-order valence-electron chi connectivity index (χ2n) is 6.02. The molecule has 0 aliphatic heterocycles. The molecule has 2 aromatic rings. The molecule has 2 rings (SSSR count). The first-order chi connectivity index (χ1) is 13.9. The van der Waals surface area contributed by atoms with Crippen LogP contribution in [0.1, 0.15) is 35.7 Å². The minimum Gasteiger partial charge on any atom is -0.507 e. The van der Waals surface area contributed by atoms with Crippen LogP contribution in [0, 0.1) is 0 Å². The van der Waals surface area contributed by atoms with Crippen molar-refractivity contribution < 1.29 is 28.9 Å². The number of phenolic OH excluding ortho intramolecular Hbond substituents is 1. The highest BCUT2D eigenvalue weighted by molar-refractivity contribution is 9.10. The van der Waals surface area contributed by atoms with Crippen LogP contribution in [0.3, 0.4) is 0 Å². The molecular weight excluding hydrogens is 440 g/mol. The van der Waals surface area contributed by atoms with Gasteiger partial charge in [0.15, 0.2) is 5.78 Å². The van der Waals surface area contributed by atoms with Crippen LogP contribution in [0.4, 0.5) is 0 Å². The van der Waals surface area contributed by atoms with Crippen molar-refractivity contribution in [1.29, 1.82) is 0 Å². The lowest BCUT2D eigenvalue weighted by Crippen LogP contribution is -2.06. The zero-order valence-corrected chi connectivity index (χ0v) is 17.9. The first-order valence-electron chi connectivity index (χ1n) is 9.12. The molecular formula is C22H23BrO6. The van der Waals surface area contributed by atoms with Gasteiger partial charge in [0.25, 0.3) is 0 Å². The summed E-state index contributed by atoms with van der Waals surface area (Å²) in [5.41, 5.74) is 1.17. The molecule has 0 amide bonds. The number of carbonyl (C=O) groups excluding carboxylic acids is 2. The number of phenols is 1. The van der Waals surface area contributed by atoms with Gasteiger partial charge in [-0.05, 0) is 71.8 Å².